The largest absolute Gasteiger partial charge is 0.372 e. The number of hydrogen-bond acceptors (Lipinski definition) is 4. The van der Waals surface area contributed by atoms with Gasteiger partial charge in [0.1, 0.15) is 5.76 Å². The van der Waals surface area contributed by atoms with Gasteiger partial charge in [0.2, 0.25) is 5.91 Å². The number of hydrogen-bond donors (Lipinski definition) is 1. The van der Waals surface area contributed by atoms with E-state index in [2.05, 4.69) is 39.6 Å². The van der Waals surface area contributed by atoms with Gasteiger partial charge >= 0.3 is 0 Å². The molecule has 2 aromatic rings. The Morgan fingerprint density at radius 1 is 1.22 bits per heavy atom. The van der Waals surface area contributed by atoms with Crippen molar-refractivity contribution in [2.75, 3.05) is 23.3 Å². The molecule has 5 heteroatoms. The fourth-order valence-electron chi connectivity index (χ4n) is 2.91. The lowest BCUT2D eigenvalue weighted by Gasteiger charge is -2.28. The molecule has 2 heterocycles. The van der Waals surface area contributed by atoms with Crippen molar-refractivity contribution in [2.45, 2.75) is 39.0 Å². The number of nitrogens with zero attached hydrogens (tertiary/aromatic N) is 2. The zero-order chi connectivity index (χ0) is 16.1. The first-order chi connectivity index (χ1) is 11.2. The van der Waals surface area contributed by atoms with E-state index in [0.717, 1.165) is 19.5 Å². The third-order valence-electron chi connectivity index (χ3n) is 4.19. The molecule has 1 fully saturated rings. The third-order valence-corrected chi connectivity index (χ3v) is 4.19. The number of piperidine rings is 1. The van der Waals surface area contributed by atoms with Gasteiger partial charge in [-0.25, -0.2) is 0 Å². The van der Waals surface area contributed by atoms with Crippen LogP contribution in [0, 0.1) is 6.92 Å². The molecule has 122 valence electrons. The molecule has 1 amide bonds. The minimum Gasteiger partial charge on any atom is -0.372 e. The highest BCUT2D eigenvalue weighted by atomic mass is 16.5. The predicted octanol–water partition coefficient (Wildman–Crippen LogP) is 3.54. The van der Waals surface area contributed by atoms with E-state index in [1.807, 2.05) is 0 Å². The van der Waals surface area contributed by atoms with Crippen molar-refractivity contribution in [3.63, 3.8) is 0 Å². The van der Waals surface area contributed by atoms with Crippen LogP contribution in [-0.2, 0) is 11.2 Å². The van der Waals surface area contributed by atoms with Gasteiger partial charge in [-0.1, -0.05) is 17.3 Å². The highest BCUT2D eigenvalue weighted by Crippen LogP contribution is 2.20. The third kappa shape index (κ3) is 4.34. The molecule has 0 unspecified atom stereocenters. The second kappa shape index (κ2) is 7.31. The second-order valence-corrected chi connectivity index (χ2v) is 6.09. The summed E-state index contributed by atoms with van der Waals surface area (Å²) in [6, 6.07) is 10.3. The summed E-state index contributed by atoms with van der Waals surface area (Å²) in [5, 5.41) is 6.51. The molecule has 1 N–H and O–H groups in total. The molecule has 1 aliphatic rings. The van der Waals surface area contributed by atoms with Crippen LogP contribution >= 0.6 is 0 Å². The number of benzene rings is 1. The SMILES string of the molecule is Cc1cc(NC(=O)CCc2ccc(N3CCCCC3)cc2)no1. The maximum atomic E-state index is 11.9. The second-order valence-electron chi connectivity index (χ2n) is 6.09. The van der Waals surface area contributed by atoms with Crippen LogP contribution in [0.3, 0.4) is 0 Å². The maximum Gasteiger partial charge on any atom is 0.225 e. The molecule has 1 aromatic carbocycles. The summed E-state index contributed by atoms with van der Waals surface area (Å²) in [6.07, 6.45) is 5.07. The van der Waals surface area contributed by atoms with Crippen LogP contribution in [0.25, 0.3) is 0 Å². The number of aromatic nitrogens is 1. The van der Waals surface area contributed by atoms with E-state index >= 15 is 0 Å². The Balaban J connectivity index is 1.49. The minimum absolute atomic E-state index is 0.0431. The lowest BCUT2D eigenvalue weighted by molar-refractivity contribution is -0.116. The maximum absolute atomic E-state index is 11.9. The van der Waals surface area contributed by atoms with Crippen molar-refractivity contribution >= 4 is 17.4 Å². The van der Waals surface area contributed by atoms with Gasteiger partial charge in [0, 0.05) is 31.3 Å². The quantitative estimate of drug-likeness (QED) is 0.917. The van der Waals surface area contributed by atoms with Crippen molar-refractivity contribution in [3.05, 3.63) is 41.7 Å². The lowest BCUT2D eigenvalue weighted by atomic mass is 10.1. The molecule has 0 aliphatic carbocycles. The first kappa shape index (κ1) is 15.6. The van der Waals surface area contributed by atoms with E-state index in [-0.39, 0.29) is 5.91 Å². The number of amides is 1. The van der Waals surface area contributed by atoms with Crippen LogP contribution < -0.4 is 10.2 Å². The average molecular weight is 313 g/mol. The van der Waals surface area contributed by atoms with E-state index < -0.39 is 0 Å². The molecule has 0 saturated carbocycles. The molecule has 23 heavy (non-hydrogen) atoms. The molecule has 1 aliphatic heterocycles. The molecular formula is C18H23N3O2. The van der Waals surface area contributed by atoms with E-state index in [9.17, 15) is 4.79 Å². The number of anilines is 2. The molecule has 0 bridgehead atoms. The Bertz CT molecular complexity index is 643. The standard InChI is InChI=1S/C18H23N3O2/c1-14-13-17(20-23-14)19-18(22)10-7-15-5-8-16(9-6-15)21-11-3-2-4-12-21/h5-6,8-9,13H,2-4,7,10-12H2,1H3,(H,19,20,22). The molecular weight excluding hydrogens is 290 g/mol. The van der Waals surface area contributed by atoms with Crippen molar-refractivity contribution in [2.24, 2.45) is 0 Å². The van der Waals surface area contributed by atoms with Gasteiger partial charge in [-0.3, -0.25) is 4.79 Å². The molecule has 5 nitrogen and oxygen atoms in total. The van der Waals surface area contributed by atoms with Gasteiger partial charge in [-0.15, -0.1) is 0 Å². The smallest absolute Gasteiger partial charge is 0.225 e. The zero-order valence-electron chi connectivity index (χ0n) is 13.5. The fourth-order valence-corrected chi connectivity index (χ4v) is 2.91. The van der Waals surface area contributed by atoms with Crippen LogP contribution in [0.15, 0.2) is 34.9 Å². The first-order valence-corrected chi connectivity index (χ1v) is 8.28. The van der Waals surface area contributed by atoms with Crippen molar-refractivity contribution in [1.29, 1.82) is 0 Å². The fraction of sp³-hybridized carbons (Fsp3) is 0.444. The van der Waals surface area contributed by atoms with Gasteiger partial charge in [0.25, 0.3) is 0 Å². The summed E-state index contributed by atoms with van der Waals surface area (Å²) in [5.74, 6) is 1.12. The van der Waals surface area contributed by atoms with Crippen molar-refractivity contribution in [1.82, 2.24) is 5.16 Å². The molecule has 0 spiro atoms. The number of carbonyl (C=O) groups excluding carboxylic acids is 1. The van der Waals surface area contributed by atoms with Crippen LogP contribution in [0.1, 0.15) is 37.0 Å². The Morgan fingerprint density at radius 3 is 2.61 bits per heavy atom. The summed E-state index contributed by atoms with van der Waals surface area (Å²) in [5.41, 5.74) is 2.47. The molecule has 0 radical (unpaired) electrons. The Labute approximate surface area is 136 Å². The van der Waals surface area contributed by atoms with Gasteiger partial charge in [0.15, 0.2) is 5.82 Å². The van der Waals surface area contributed by atoms with E-state index in [1.54, 1.807) is 13.0 Å². The number of nitrogens with one attached hydrogen (secondary N) is 1. The minimum atomic E-state index is -0.0431. The zero-order valence-corrected chi connectivity index (χ0v) is 13.5. The van der Waals surface area contributed by atoms with Crippen LogP contribution in [0.4, 0.5) is 11.5 Å². The average Bonchev–Trinajstić information content (AvgIpc) is 2.99. The highest BCUT2D eigenvalue weighted by Gasteiger charge is 2.11. The van der Waals surface area contributed by atoms with Gasteiger partial charge in [0.05, 0.1) is 0 Å². The summed E-state index contributed by atoms with van der Waals surface area (Å²) in [4.78, 5) is 14.3. The van der Waals surface area contributed by atoms with Gasteiger partial charge in [-0.05, 0) is 50.3 Å². The Hall–Kier alpha value is -2.30. The summed E-state index contributed by atoms with van der Waals surface area (Å²) in [7, 11) is 0. The number of aryl methyl sites for hydroxylation is 2. The van der Waals surface area contributed by atoms with Gasteiger partial charge < -0.3 is 14.7 Å². The molecule has 1 aromatic heterocycles. The van der Waals surface area contributed by atoms with Crippen LogP contribution in [-0.4, -0.2) is 24.2 Å². The van der Waals surface area contributed by atoms with E-state index in [1.165, 1.54) is 30.5 Å². The Kier molecular flexibility index (Phi) is 4.95. The summed E-state index contributed by atoms with van der Waals surface area (Å²) >= 11 is 0. The molecule has 3 rings (SSSR count). The van der Waals surface area contributed by atoms with E-state index in [4.69, 9.17) is 4.52 Å². The van der Waals surface area contributed by atoms with E-state index in [0.29, 0.717) is 18.0 Å². The molecule has 0 atom stereocenters. The summed E-state index contributed by atoms with van der Waals surface area (Å²) < 4.78 is 4.93. The van der Waals surface area contributed by atoms with Crippen molar-refractivity contribution < 1.29 is 9.32 Å². The lowest BCUT2D eigenvalue weighted by Crippen LogP contribution is -2.29. The summed E-state index contributed by atoms with van der Waals surface area (Å²) in [6.45, 7) is 4.10. The number of carbonyl (C=O) groups is 1. The van der Waals surface area contributed by atoms with Crippen molar-refractivity contribution in [3.8, 4) is 0 Å². The highest BCUT2D eigenvalue weighted by molar-refractivity contribution is 5.89. The first-order valence-electron chi connectivity index (χ1n) is 8.28. The monoisotopic (exact) mass is 313 g/mol. The van der Waals surface area contributed by atoms with Crippen LogP contribution in [0.2, 0.25) is 0 Å². The van der Waals surface area contributed by atoms with Crippen LogP contribution in [0.5, 0.6) is 0 Å². The van der Waals surface area contributed by atoms with Gasteiger partial charge in [-0.2, -0.15) is 0 Å². The normalized spacial score (nSPS) is 14.7. The predicted molar refractivity (Wildman–Crippen MR) is 90.7 cm³/mol. The molecule has 1 saturated heterocycles. The Morgan fingerprint density at radius 2 is 1.96 bits per heavy atom. The number of rotatable bonds is 5. The topological polar surface area (TPSA) is 58.4 Å².